The fourth-order valence-electron chi connectivity index (χ4n) is 3.32. The zero-order chi connectivity index (χ0) is 22.8. The van der Waals surface area contributed by atoms with Gasteiger partial charge in [-0.05, 0) is 67.4 Å². The van der Waals surface area contributed by atoms with Gasteiger partial charge in [-0.3, -0.25) is 14.4 Å². The Hall–Kier alpha value is -3.84. The number of rotatable bonds is 6. The molecular weight excluding hydrogens is 430 g/mol. The van der Waals surface area contributed by atoms with Gasteiger partial charge in [-0.15, -0.1) is 0 Å². The van der Waals surface area contributed by atoms with Gasteiger partial charge in [0.15, 0.2) is 0 Å². The van der Waals surface area contributed by atoms with Crippen LogP contribution in [0, 0.1) is 13.8 Å². The Morgan fingerprint density at radius 1 is 1.03 bits per heavy atom. The molecule has 0 fully saturated rings. The van der Waals surface area contributed by atoms with Gasteiger partial charge in [-0.25, -0.2) is 4.90 Å². The molecule has 1 aromatic heterocycles. The number of halogens is 1. The van der Waals surface area contributed by atoms with Gasteiger partial charge >= 0.3 is 0 Å². The maximum atomic E-state index is 13.0. The van der Waals surface area contributed by atoms with Crippen LogP contribution in [0.4, 0.5) is 11.4 Å². The molecule has 2 aromatic carbocycles. The topological polar surface area (TPSA) is 91.7 Å². The molecule has 0 bridgehead atoms. The van der Waals surface area contributed by atoms with Crippen molar-refractivity contribution in [3.05, 3.63) is 94.0 Å². The molecule has 8 heteroatoms. The number of furan rings is 1. The van der Waals surface area contributed by atoms with Crippen molar-refractivity contribution in [2.24, 2.45) is 0 Å². The predicted octanol–water partition coefficient (Wildman–Crippen LogP) is 4.26. The minimum absolute atomic E-state index is 0.00686. The number of anilines is 2. The number of benzene rings is 2. The molecule has 32 heavy (non-hydrogen) atoms. The number of nitrogens with one attached hydrogen (secondary N) is 2. The molecule has 3 aromatic rings. The first-order chi connectivity index (χ1) is 15.3. The second-order valence-electron chi connectivity index (χ2n) is 7.39. The second-order valence-corrected chi connectivity index (χ2v) is 7.77. The highest BCUT2D eigenvalue weighted by molar-refractivity contribution is 6.53. The van der Waals surface area contributed by atoms with Gasteiger partial charge in [0.05, 0.1) is 18.5 Å². The molecule has 0 radical (unpaired) electrons. The van der Waals surface area contributed by atoms with Crippen LogP contribution in [0.2, 0.25) is 0 Å². The summed E-state index contributed by atoms with van der Waals surface area (Å²) in [7, 11) is 0. The van der Waals surface area contributed by atoms with Gasteiger partial charge in [0.1, 0.15) is 16.5 Å². The molecule has 0 saturated carbocycles. The lowest BCUT2D eigenvalue weighted by Crippen LogP contribution is -2.32. The average molecular weight is 450 g/mol. The lowest BCUT2D eigenvalue weighted by Gasteiger charge is -2.18. The molecule has 7 nitrogen and oxygen atoms in total. The van der Waals surface area contributed by atoms with E-state index in [1.165, 1.54) is 6.26 Å². The fraction of sp³-hybridized carbons (Fsp3) is 0.125. The minimum Gasteiger partial charge on any atom is -0.467 e. The third kappa shape index (κ3) is 4.15. The highest BCUT2D eigenvalue weighted by atomic mass is 35.5. The summed E-state index contributed by atoms with van der Waals surface area (Å²) in [6.07, 6.45) is 1.54. The van der Waals surface area contributed by atoms with Gasteiger partial charge in [0, 0.05) is 11.3 Å². The van der Waals surface area contributed by atoms with Crippen LogP contribution >= 0.6 is 11.6 Å². The van der Waals surface area contributed by atoms with Crippen molar-refractivity contribution < 1.29 is 18.8 Å². The van der Waals surface area contributed by atoms with Crippen molar-refractivity contribution in [3.63, 3.8) is 0 Å². The van der Waals surface area contributed by atoms with E-state index in [2.05, 4.69) is 10.6 Å². The first-order valence-corrected chi connectivity index (χ1v) is 10.3. The Balaban J connectivity index is 1.47. The Morgan fingerprint density at radius 3 is 2.47 bits per heavy atom. The lowest BCUT2D eigenvalue weighted by atomic mass is 10.1. The molecule has 1 aliphatic rings. The monoisotopic (exact) mass is 449 g/mol. The Kier molecular flexibility index (Phi) is 5.83. The van der Waals surface area contributed by atoms with E-state index >= 15 is 0 Å². The summed E-state index contributed by atoms with van der Waals surface area (Å²) in [5.74, 6) is -0.731. The third-order valence-corrected chi connectivity index (χ3v) is 5.40. The molecule has 2 N–H and O–H groups in total. The van der Waals surface area contributed by atoms with Crippen molar-refractivity contribution in [3.8, 4) is 0 Å². The van der Waals surface area contributed by atoms with E-state index in [1.54, 1.807) is 42.5 Å². The maximum Gasteiger partial charge on any atom is 0.283 e. The van der Waals surface area contributed by atoms with E-state index in [-0.39, 0.29) is 23.2 Å². The van der Waals surface area contributed by atoms with Gasteiger partial charge in [0.2, 0.25) is 0 Å². The molecule has 4 rings (SSSR count). The van der Waals surface area contributed by atoms with Gasteiger partial charge < -0.3 is 15.1 Å². The summed E-state index contributed by atoms with van der Waals surface area (Å²) >= 11 is 6.21. The molecule has 3 amide bonds. The number of carbonyl (C=O) groups excluding carboxylic acids is 3. The van der Waals surface area contributed by atoms with Crippen LogP contribution in [0.5, 0.6) is 0 Å². The summed E-state index contributed by atoms with van der Waals surface area (Å²) in [6, 6.07) is 15.5. The van der Waals surface area contributed by atoms with E-state index in [0.717, 1.165) is 16.0 Å². The van der Waals surface area contributed by atoms with E-state index in [1.807, 2.05) is 26.0 Å². The van der Waals surface area contributed by atoms with Crippen LogP contribution in [0.25, 0.3) is 0 Å². The lowest BCUT2D eigenvalue weighted by molar-refractivity contribution is -0.120. The van der Waals surface area contributed by atoms with Crippen molar-refractivity contribution in [2.45, 2.75) is 20.4 Å². The Morgan fingerprint density at radius 2 is 1.78 bits per heavy atom. The van der Waals surface area contributed by atoms with E-state index in [0.29, 0.717) is 22.7 Å². The third-order valence-electron chi connectivity index (χ3n) is 5.05. The molecule has 0 spiro atoms. The van der Waals surface area contributed by atoms with Crippen molar-refractivity contribution in [2.75, 3.05) is 10.2 Å². The summed E-state index contributed by atoms with van der Waals surface area (Å²) in [5.41, 5.74) is 3.15. The molecule has 0 unspecified atom stereocenters. The molecule has 1 aliphatic heterocycles. The van der Waals surface area contributed by atoms with E-state index in [9.17, 15) is 14.4 Å². The first kappa shape index (κ1) is 21.4. The van der Waals surface area contributed by atoms with Crippen LogP contribution in [-0.2, 0) is 16.1 Å². The quantitative estimate of drug-likeness (QED) is 0.548. The van der Waals surface area contributed by atoms with Crippen LogP contribution in [0.15, 0.2) is 76.0 Å². The van der Waals surface area contributed by atoms with Crippen LogP contribution in [0.3, 0.4) is 0 Å². The van der Waals surface area contributed by atoms with E-state index in [4.69, 9.17) is 16.0 Å². The summed E-state index contributed by atoms with van der Waals surface area (Å²) in [5, 5.41) is 5.49. The number of carbonyl (C=O) groups is 3. The summed E-state index contributed by atoms with van der Waals surface area (Å²) in [4.78, 5) is 39.1. The number of aryl methyl sites for hydroxylation is 2. The highest BCUT2D eigenvalue weighted by Crippen LogP contribution is 2.32. The van der Waals surface area contributed by atoms with Crippen molar-refractivity contribution >= 4 is 40.7 Å². The summed E-state index contributed by atoms with van der Waals surface area (Å²) < 4.78 is 5.19. The average Bonchev–Trinajstić information content (AvgIpc) is 3.38. The van der Waals surface area contributed by atoms with Crippen LogP contribution in [-0.4, -0.2) is 17.7 Å². The molecule has 0 aliphatic carbocycles. The number of amides is 3. The SMILES string of the molecule is Cc1ccc(C)c(N2C(=O)C(Cl)=C(Nc3ccc(C(=O)NCc4ccco4)cc3)C2=O)c1. The zero-order valence-electron chi connectivity index (χ0n) is 17.4. The standard InChI is InChI=1S/C24H20ClN3O4/c1-14-5-6-15(2)19(12-14)28-23(30)20(25)21(24(28)31)27-17-9-7-16(8-10-17)22(29)26-13-18-4-3-11-32-18/h3-12,27H,13H2,1-2H3,(H,26,29). The van der Waals surface area contributed by atoms with Crippen LogP contribution < -0.4 is 15.5 Å². The minimum atomic E-state index is -0.582. The Bertz CT molecular complexity index is 1230. The largest absolute Gasteiger partial charge is 0.467 e. The summed E-state index contributed by atoms with van der Waals surface area (Å²) in [6.45, 7) is 3.98. The normalized spacial score (nSPS) is 13.7. The smallest absolute Gasteiger partial charge is 0.283 e. The van der Waals surface area contributed by atoms with Crippen molar-refractivity contribution in [1.29, 1.82) is 0 Å². The first-order valence-electron chi connectivity index (χ1n) is 9.88. The molecule has 0 saturated heterocycles. The number of nitrogens with zero attached hydrogens (tertiary/aromatic N) is 1. The van der Waals surface area contributed by atoms with Crippen molar-refractivity contribution in [1.82, 2.24) is 5.32 Å². The number of hydrogen-bond donors (Lipinski definition) is 2. The zero-order valence-corrected chi connectivity index (χ0v) is 18.2. The highest BCUT2D eigenvalue weighted by Gasteiger charge is 2.39. The van der Waals surface area contributed by atoms with Gasteiger partial charge in [0.25, 0.3) is 17.7 Å². The predicted molar refractivity (Wildman–Crippen MR) is 121 cm³/mol. The molecule has 162 valence electrons. The molecule has 0 atom stereocenters. The number of imide groups is 1. The molecular formula is C24H20ClN3O4. The molecule has 2 heterocycles. The fourth-order valence-corrected chi connectivity index (χ4v) is 3.53. The maximum absolute atomic E-state index is 13.0. The van der Waals surface area contributed by atoms with E-state index < -0.39 is 11.8 Å². The second kappa shape index (κ2) is 8.72. The van der Waals surface area contributed by atoms with Gasteiger partial charge in [-0.1, -0.05) is 23.7 Å². The van der Waals surface area contributed by atoms with Gasteiger partial charge in [-0.2, -0.15) is 0 Å². The Labute approximate surface area is 189 Å². The number of hydrogen-bond acceptors (Lipinski definition) is 5. The van der Waals surface area contributed by atoms with Crippen LogP contribution in [0.1, 0.15) is 27.2 Å².